The van der Waals surface area contributed by atoms with Crippen LogP contribution in [0.4, 0.5) is 0 Å². The van der Waals surface area contributed by atoms with E-state index >= 15 is 0 Å². The summed E-state index contributed by atoms with van der Waals surface area (Å²) in [5.74, 6) is -0.473. The van der Waals surface area contributed by atoms with Crippen molar-refractivity contribution in [3.63, 3.8) is 0 Å². The van der Waals surface area contributed by atoms with Crippen LogP contribution >= 0.6 is 11.6 Å². The third-order valence-corrected chi connectivity index (χ3v) is 1.88. The summed E-state index contributed by atoms with van der Waals surface area (Å²) in [5, 5.41) is 0.248. The van der Waals surface area contributed by atoms with Gasteiger partial charge in [0.25, 0.3) is 0 Å². The fraction of sp³-hybridized carbons (Fsp3) is 0.111. The highest BCUT2D eigenvalue weighted by molar-refractivity contribution is 6.33. The molecule has 0 aromatic heterocycles. The Balaban J connectivity index is 3.09. The first-order valence-electron chi connectivity index (χ1n) is 3.52. The van der Waals surface area contributed by atoms with Crippen LogP contribution in [0.1, 0.15) is 20.7 Å². The lowest BCUT2D eigenvalue weighted by atomic mass is 10.1. The molecule has 0 aliphatic rings. The number of rotatable bonds is 2. The number of benzene rings is 1. The van der Waals surface area contributed by atoms with Crippen LogP contribution in [0.15, 0.2) is 18.2 Å². The summed E-state index contributed by atoms with van der Waals surface area (Å²) in [5.41, 5.74) is 0.687. The predicted octanol–water partition coefficient (Wildman–Crippen LogP) is 1.94. The van der Waals surface area contributed by atoms with E-state index in [0.29, 0.717) is 17.4 Å². The van der Waals surface area contributed by atoms with E-state index in [1.807, 2.05) is 0 Å². The molecule has 0 spiro atoms. The largest absolute Gasteiger partial charge is 0.465 e. The Bertz CT molecular complexity index is 347. The molecule has 0 heterocycles. The molecule has 68 valence electrons. The van der Waals surface area contributed by atoms with Gasteiger partial charge in [-0.2, -0.15) is 0 Å². The lowest BCUT2D eigenvalue weighted by Crippen LogP contribution is -2.01. The molecular formula is C9H7ClO3. The van der Waals surface area contributed by atoms with Gasteiger partial charge in [0, 0.05) is 5.56 Å². The van der Waals surface area contributed by atoms with Crippen molar-refractivity contribution in [2.75, 3.05) is 7.11 Å². The predicted molar refractivity (Wildman–Crippen MR) is 48.2 cm³/mol. The maximum atomic E-state index is 11.0. The minimum Gasteiger partial charge on any atom is -0.465 e. The number of methoxy groups -OCH3 is 1. The van der Waals surface area contributed by atoms with Crippen molar-refractivity contribution in [3.05, 3.63) is 34.3 Å². The average molecular weight is 199 g/mol. The SMILES string of the molecule is COC(=O)c1ccc(C=O)c(Cl)c1. The van der Waals surface area contributed by atoms with Crippen LogP contribution in [0.25, 0.3) is 0 Å². The topological polar surface area (TPSA) is 43.4 Å². The highest BCUT2D eigenvalue weighted by Crippen LogP contribution is 2.16. The summed E-state index contributed by atoms with van der Waals surface area (Å²) in [6.45, 7) is 0. The maximum Gasteiger partial charge on any atom is 0.337 e. The van der Waals surface area contributed by atoms with Crippen LogP contribution in [0.3, 0.4) is 0 Å². The van der Waals surface area contributed by atoms with Gasteiger partial charge in [-0.3, -0.25) is 4.79 Å². The second-order valence-electron chi connectivity index (χ2n) is 2.35. The second kappa shape index (κ2) is 4.05. The third kappa shape index (κ3) is 2.06. The molecule has 3 nitrogen and oxygen atoms in total. The fourth-order valence-corrected chi connectivity index (χ4v) is 1.09. The molecule has 0 atom stereocenters. The van der Waals surface area contributed by atoms with Crippen LogP contribution in [-0.4, -0.2) is 19.4 Å². The van der Waals surface area contributed by atoms with E-state index < -0.39 is 5.97 Å². The van der Waals surface area contributed by atoms with Gasteiger partial charge in [-0.25, -0.2) is 4.79 Å². The van der Waals surface area contributed by atoms with Crippen molar-refractivity contribution in [1.29, 1.82) is 0 Å². The fourth-order valence-electron chi connectivity index (χ4n) is 0.868. The summed E-state index contributed by atoms with van der Waals surface area (Å²) < 4.78 is 4.48. The van der Waals surface area contributed by atoms with Crippen LogP contribution in [0.2, 0.25) is 5.02 Å². The molecule has 0 saturated carbocycles. The Labute approximate surface area is 80.3 Å². The van der Waals surface area contributed by atoms with Gasteiger partial charge in [-0.1, -0.05) is 11.6 Å². The first kappa shape index (κ1) is 9.74. The number of hydrogen-bond donors (Lipinski definition) is 0. The number of halogens is 1. The van der Waals surface area contributed by atoms with E-state index in [-0.39, 0.29) is 5.02 Å². The minimum atomic E-state index is -0.473. The minimum absolute atomic E-state index is 0.248. The maximum absolute atomic E-state index is 11.0. The molecule has 0 unspecified atom stereocenters. The highest BCUT2D eigenvalue weighted by Gasteiger charge is 2.07. The molecule has 0 amide bonds. The van der Waals surface area contributed by atoms with E-state index in [1.54, 1.807) is 0 Å². The van der Waals surface area contributed by atoms with Crippen molar-refractivity contribution in [2.24, 2.45) is 0 Å². The number of aldehydes is 1. The molecule has 1 aromatic rings. The van der Waals surface area contributed by atoms with Gasteiger partial charge >= 0.3 is 5.97 Å². The van der Waals surface area contributed by atoms with Gasteiger partial charge in [0.1, 0.15) is 0 Å². The number of carbonyl (C=O) groups excluding carboxylic acids is 2. The Morgan fingerprint density at radius 1 is 1.54 bits per heavy atom. The summed E-state index contributed by atoms with van der Waals surface area (Å²) in [6, 6.07) is 4.36. The summed E-state index contributed by atoms with van der Waals surface area (Å²) >= 11 is 5.69. The van der Waals surface area contributed by atoms with E-state index in [0.717, 1.165) is 0 Å². The monoisotopic (exact) mass is 198 g/mol. The van der Waals surface area contributed by atoms with Gasteiger partial charge in [0.05, 0.1) is 17.7 Å². The zero-order valence-corrected chi connectivity index (χ0v) is 7.67. The molecule has 1 aromatic carbocycles. The quantitative estimate of drug-likeness (QED) is 0.539. The first-order chi connectivity index (χ1) is 6.19. The zero-order chi connectivity index (χ0) is 9.84. The van der Waals surface area contributed by atoms with Crippen molar-refractivity contribution < 1.29 is 14.3 Å². The highest BCUT2D eigenvalue weighted by atomic mass is 35.5. The lowest BCUT2D eigenvalue weighted by Gasteiger charge is -2.00. The van der Waals surface area contributed by atoms with E-state index in [2.05, 4.69) is 4.74 Å². The van der Waals surface area contributed by atoms with Gasteiger partial charge in [-0.05, 0) is 18.2 Å². The molecule has 0 radical (unpaired) electrons. The Morgan fingerprint density at radius 3 is 2.69 bits per heavy atom. The summed E-state index contributed by atoms with van der Waals surface area (Å²) in [4.78, 5) is 21.4. The molecule has 1 rings (SSSR count). The molecular weight excluding hydrogens is 192 g/mol. The number of ether oxygens (including phenoxy) is 1. The van der Waals surface area contributed by atoms with Gasteiger partial charge in [-0.15, -0.1) is 0 Å². The van der Waals surface area contributed by atoms with Crippen molar-refractivity contribution in [2.45, 2.75) is 0 Å². The molecule has 0 N–H and O–H groups in total. The molecule has 4 heteroatoms. The normalized spacial score (nSPS) is 9.38. The van der Waals surface area contributed by atoms with Crippen LogP contribution < -0.4 is 0 Å². The van der Waals surface area contributed by atoms with Crippen molar-refractivity contribution in [1.82, 2.24) is 0 Å². The smallest absolute Gasteiger partial charge is 0.337 e. The van der Waals surface area contributed by atoms with Crippen LogP contribution in [0.5, 0.6) is 0 Å². The van der Waals surface area contributed by atoms with Crippen molar-refractivity contribution >= 4 is 23.9 Å². The van der Waals surface area contributed by atoms with E-state index in [4.69, 9.17) is 11.6 Å². The van der Waals surface area contributed by atoms with E-state index in [1.165, 1.54) is 25.3 Å². The van der Waals surface area contributed by atoms with Gasteiger partial charge in [0.2, 0.25) is 0 Å². The van der Waals surface area contributed by atoms with Crippen molar-refractivity contribution in [3.8, 4) is 0 Å². The molecule has 0 aliphatic heterocycles. The Hall–Kier alpha value is -1.35. The number of carbonyl (C=O) groups is 2. The number of hydrogen-bond acceptors (Lipinski definition) is 3. The van der Waals surface area contributed by atoms with Gasteiger partial charge < -0.3 is 4.74 Å². The zero-order valence-electron chi connectivity index (χ0n) is 6.91. The van der Waals surface area contributed by atoms with E-state index in [9.17, 15) is 9.59 Å². The summed E-state index contributed by atoms with van der Waals surface area (Å²) in [7, 11) is 1.28. The molecule has 0 aliphatic carbocycles. The lowest BCUT2D eigenvalue weighted by molar-refractivity contribution is 0.0600. The van der Waals surface area contributed by atoms with Gasteiger partial charge in [0.15, 0.2) is 6.29 Å². The molecule has 0 bridgehead atoms. The summed E-state index contributed by atoms with van der Waals surface area (Å²) in [6.07, 6.45) is 0.628. The first-order valence-corrected chi connectivity index (χ1v) is 3.90. The standard InChI is InChI=1S/C9H7ClO3/c1-13-9(12)6-2-3-7(5-11)8(10)4-6/h2-5H,1H3. The molecule has 0 fully saturated rings. The van der Waals surface area contributed by atoms with Crippen LogP contribution in [0, 0.1) is 0 Å². The Morgan fingerprint density at radius 2 is 2.23 bits per heavy atom. The third-order valence-electron chi connectivity index (χ3n) is 1.55. The van der Waals surface area contributed by atoms with Crippen LogP contribution in [-0.2, 0) is 4.74 Å². The Kier molecular flexibility index (Phi) is 3.03. The average Bonchev–Trinajstić information content (AvgIpc) is 2.16. The number of esters is 1. The molecule has 13 heavy (non-hydrogen) atoms. The second-order valence-corrected chi connectivity index (χ2v) is 2.75. The molecule has 0 saturated heterocycles.